The lowest BCUT2D eigenvalue weighted by Crippen LogP contribution is -2.55. The van der Waals surface area contributed by atoms with Gasteiger partial charge in [-0.3, -0.25) is 43.3 Å². The molecular weight excluding hydrogens is 1110 g/mol. The smallest absolute Gasteiger partial charge is 0.332 e. The van der Waals surface area contributed by atoms with E-state index in [9.17, 15) is 43.5 Å². The van der Waals surface area contributed by atoms with Crippen molar-refractivity contribution in [3.63, 3.8) is 0 Å². The second-order valence-corrected chi connectivity index (χ2v) is 24.9. The van der Waals surface area contributed by atoms with Crippen molar-refractivity contribution in [2.24, 2.45) is 29.4 Å². The Balaban J connectivity index is 0.870. The van der Waals surface area contributed by atoms with Crippen LogP contribution in [0.25, 0.3) is 0 Å². The Morgan fingerprint density at radius 1 is 0.529 bits per heavy atom. The van der Waals surface area contributed by atoms with Gasteiger partial charge in [0.2, 0.25) is 29.5 Å². The van der Waals surface area contributed by atoms with Crippen molar-refractivity contribution in [1.82, 2.24) is 36.0 Å². The van der Waals surface area contributed by atoms with Crippen LogP contribution in [0.4, 0.5) is 0 Å². The van der Waals surface area contributed by atoms with Gasteiger partial charge in [-0.2, -0.15) is 0 Å². The third kappa shape index (κ3) is 13.8. The fourth-order valence-electron chi connectivity index (χ4n) is 12.6. The zero-order valence-corrected chi connectivity index (χ0v) is 48.9. The van der Waals surface area contributed by atoms with Crippen LogP contribution in [0.3, 0.4) is 0 Å². The van der Waals surface area contributed by atoms with Crippen LogP contribution in [0.5, 0.6) is 5.75 Å². The Kier molecular flexibility index (Phi) is 17.4. The summed E-state index contributed by atoms with van der Waals surface area (Å²) >= 11 is 0. The average Bonchev–Trinajstić information content (AvgIpc) is 2.04. The van der Waals surface area contributed by atoms with Gasteiger partial charge in [-0.25, -0.2) is 4.79 Å². The van der Waals surface area contributed by atoms with Crippen LogP contribution in [0.1, 0.15) is 113 Å². The molecule has 11 rings (SSSR count). The van der Waals surface area contributed by atoms with Crippen molar-refractivity contribution >= 4 is 53.2 Å². The molecule has 0 spiro atoms. The Hall–Kier alpha value is -8.75. The minimum Gasteiger partial charge on any atom is -0.483 e. The third-order valence-corrected chi connectivity index (χ3v) is 17.6. The number of nitrogens with zero attached hydrogens (tertiary/aromatic N) is 3. The molecule has 5 aromatic rings. The first-order valence-electron chi connectivity index (χ1n) is 30.0. The number of hydrogen-bond donors (Lipinski definition) is 6. The summed E-state index contributed by atoms with van der Waals surface area (Å²) in [5, 5.41) is 23.0. The van der Waals surface area contributed by atoms with E-state index in [4.69, 9.17) is 15.2 Å². The summed E-state index contributed by atoms with van der Waals surface area (Å²) in [6.45, 7) is 1.22. The van der Waals surface area contributed by atoms with Crippen molar-refractivity contribution in [1.29, 1.82) is 0 Å². The molecule has 7 N–H and O–H groups in total. The Morgan fingerprint density at radius 3 is 1.22 bits per heavy atom. The normalized spacial score (nSPS) is 26.1. The minimum atomic E-state index is -1.84. The molecule has 5 aromatic carbocycles. The predicted octanol–water partition coefficient (Wildman–Crippen LogP) is 4.15. The number of benzene rings is 5. The summed E-state index contributed by atoms with van der Waals surface area (Å²) in [7, 11) is 0. The largest absolute Gasteiger partial charge is 0.483 e. The number of esters is 1. The number of amides is 8. The number of imide groups is 1. The molecule has 2 aliphatic heterocycles. The molecule has 2 heterocycles. The first-order chi connectivity index (χ1) is 41.9. The van der Waals surface area contributed by atoms with Crippen LogP contribution in [-0.2, 0) is 38.3 Å². The zero-order chi connectivity index (χ0) is 61.3. The number of rotatable bonds is 21. The van der Waals surface area contributed by atoms with Gasteiger partial charge in [0.1, 0.15) is 11.4 Å². The molecule has 6 fully saturated rings. The van der Waals surface area contributed by atoms with Gasteiger partial charge in [-0.05, 0) is 86.9 Å². The Labute approximate surface area is 504 Å². The summed E-state index contributed by atoms with van der Waals surface area (Å²) in [4.78, 5) is 132. The molecule has 8 amide bonds. The van der Waals surface area contributed by atoms with Crippen molar-refractivity contribution in [3.05, 3.63) is 173 Å². The van der Waals surface area contributed by atoms with Crippen molar-refractivity contribution in [2.45, 2.75) is 106 Å². The second-order valence-electron chi connectivity index (χ2n) is 24.9. The maximum atomic E-state index is 15.2. The monoisotopic (exact) mass is 1180 g/mol. The van der Waals surface area contributed by atoms with E-state index in [1.165, 1.54) is 28.0 Å². The van der Waals surface area contributed by atoms with E-state index in [1.807, 2.05) is 121 Å². The molecule has 454 valence electrons. The number of nitrogens with two attached hydrogens (primary N) is 1. The van der Waals surface area contributed by atoms with Gasteiger partial charge in [0.05, 0.1) is 42.4 Å². The number of carbonyl (C=O) groups is 9. The van der Waals surface area contributed by atoms with Crippen molar-refractivity contribution in [3.8, 4) is 5.75 Å². The SMILES string of the molecule is CC(C)(C)OC(=O)[C@H](CO)N(C(=O)CN)C(=O)COc1cc(C(=O)N2C[C@@H](C(=O)N[C@H]3C[C@@H]3c3ccccc3)[C@H](C(=O)N[C@H]3C[C@@H]3c3ccccc3)C2)ccc1C(=O)N1C[C@@H](C(=O)N[C@H]2C[C@@H]2c2ccccc2)[C@H](C(=O)N[C@H]2C[C@@H]2c2ccccc2)C1. The van der Waals surface area contributed by atoms with Crippen LogP contribution in [0, 0.1) is 23.7 Å². The fourth-order valence-corrected chi connectivity index (χ4v) is 12.6. The quantitative estimate of drug-likeness (QED) is 0.0565. The number of likely N-dealkylation sites (tertiary alicyclic amines) is 2. The summed E-state index contributed by atoms with van der Waals surface area (Å²) in [6, 6.07) is 40.6. The zero-order valence-electron chi connectivity index (χ0n) is 48.9. The first-order valence-corrected chi connectivity index (χ1v) is 30.0. The highest BCUT2D eigenvalue weighted by atomic mass is 16.6. The molecule has 0 aromatic heterocycles. The maximum Gasteiger partial charge on any atom is 0.332 e. The molecule has 0 radical (unpaired) electrons. The number of carbonyl (C=O) groups excluding carboxylic acids is 9. The molecule has 13 atom stereocenters. The van der Waals surface area contributed by atoms with Gasteiger partial charge < -0.3 is 51.4 Å². The molecule has 0 bridgehead atoms. The minimum absolute atomic E-state index is 0.0606. The Bertz CT molecular complexity index is 3270. The molecule has 20 nitrogen and oxygen atoms in total. The van der Waals surface area contributed by atoms with Gasteiger partial charge in [0.15, 0.2) is 12.6 Å². The van der Waals surface area contributed by atoms with E-state index >= 15 is 4.79 Å². The average molecular weight is 1180 g/mol. The molecule has 0 unspecified atom stereocenters. The molecule has 87 heavy (non-hydrogen) atoms. The number of aliphatic hydroxyl groups excluding tert-OH is 1. The van der Waals surface area contributed by atoms with Gasteiger partial charge in [0.25, 0.3) is 17.7 Å². The lowest BCUT2D eigenvalue weighted by Gasteiger charge is -2.30. The summed E-state index contributed by atoms with van der Waals surface area (Å²) in [5.41, 5.74) is 8.69. The number of hydrogen-bond acceptors (Lipinski definition) is 13. The van der Waals surface area contributed by atoms with Gasteiger partial charge in [-0.1, -0.05) is 121 Å². The van der Waals surface area contributed by atoms with E-state index < -0.39 is 96.5 Å². The molecule has 20 heteroatoms. The first kappa shape index (κ1) is 60.0. The van der Waals surface area contributed by atoms with Crippen LogP contribution >= 0.6 is 0 Å². The van der Waals surface area contributed by atoms with Crippen molar-refractivity contribution in [2.75, 3.05) is 45.9 Å². The highest BCUT2D eigenvalue weighted by Crippen LogP contribution is 2.45. The van der Waals surface area contributed by atoms with E-state index in [0.717, 1.165) is 22.3 Å². The third-order valence-electron chi connectivity index (χ3n) is 17.6. The summed E-state index contributed by atoms with van der Waals surface area (Å²) in [5.74, 6) is -10.0. The van der Waals surface area contributed by atoms with Crippen LogP contribution < -0.4 is 31.7 Å². The predicted molar refractivity (Wildman–Crippen MR) is 318 cm³/mol. The van der Waals surface area contributed by atoms with Gasteiger partial charge >= 0.3 is 5.97 Å². The Morgan fingerprint density at radius 2 is 0.885 bits per heavy atom. The van der Waals surface area contributed by atoms with E-state index in [0.29, 0.717) is 30.6 Å². The maximum absolute atomic E-state index is 15.2. The highest BCUT2D eigenvalue weighted by molar-refractivity contribution is 6.03. The lowest BCUT2D eigenvalue weighted by atomic mass is 9.94. The molecule has 4 saturated carbocycles. The van der Waals surface area contributed by atoms with Crippen LogP contribution in [-0.4, -0.2) is 155 Å². The summed E-state index contributed by atoms with van der Waals surface area (Å²) in [6.07, 6.45) is 2.82. The van der Waals surface area contributed by atoms with Gasteiger partial charge in [-0.15, -0.1) is 0 Å². The molecule has 4 aliphatic carbocycles. The topological polar surface area (TPSA) is 276 Å². The van der Waals surface area contributed by atoms with E-state index in [1.54, 1.807) is 20.8 Å². The summed E-state index contributed by atoms with van der Waals surface area (Å²) < 4.78 is 11.6. The molecule has 6 aliphatic rings. The van der Waals surface area contributed by atoms with Gasteiger partial charge in [0, 0.05) is 79.6 Å². The van der Waals surface area contributed by atoms with E-state index in [-0.39, 0.29) is 103 Å². The molecule has 2 saturated heterocycles. The number of nitrogens with one attached hydrogen (secondary N) is 4. The number of aliphatic hydroxyl groups is 1. The van der Waals surface area contributed by atoms with E-state index in [2.05, 4.69) is 21.3 Å². The fraction of sp³-hybridized carbons (Fsp3) is 0.418. The van der Waals surface area contributed by atoms with Crippen molar-refractivity contribution < 1.29 is 57.7 Å². The number of ether oxygens (including phenoxy) is 2. The second kappa shape index (κ2) is 25.3. The van der Waals surface area contributed by atoms with Crippen LogP contribution in [0.2, 0.25) is 0 Å². The standard InChI is InChI=1S/C67H74N8O12/c1-67(2,3)87-66(85)56(36-76)75(58(77)31-68)59(78)37-86-57-26-42(64(83)73-32-48(60(79)69-52-27-44(52)38-16-8-4-9-17-38)49(33-73)61(80)70-53-28-45(53)39-18-10-5-11-19-39)24-25-43(57)65(84)74-34-50(62(81)71-54-29-46(54)40-20-12-6-13-21-40)51(35-74)63(82)72-55-30-47(55)41-22-14-7-15-23-41/h4-26,44-56,76H,27-37,68H2,1-3H3,(H,69,79)(H,70,80)(H,71,81)(H,72,82)/t44-,45-,46-,47-,48-,49-,50-,51-,52+,53+,54+,55+,56+/m1/s1. The highest BCUT2D eigenvalue weighted by Gasteiger charge is 2.52. The van der Waals surface area contributed by atoms with Crippen LogP contribution in [0.15, 0.2) is 140 Å². The lowest BCUT2D eigenvalue weighted by molar-refractivity contribution is -0.170. The molecular formula is C67H74N8O12.